The summed E-state index contributed by atoms with van der Waals surface area (Å²) in [6.07, 6.45) is 1.07. The predicted molar refractivity (Wildman–Crippen MR) is 67.1 cm³/mol. The Bertz CT molecular complexity index is 491. The molecule has 5 heteroatoms. The lowest BCUT2D eigenvalue weighted by molar-refractivity contribution is 0.199. The van der Waals surface area contributed by atoms with Gasteiger partial charge >= 0.3 is 0 Å². The van der Waals surface area contributed by atoms with E-state index in [1.54, 1.807) is 11.6 Å². The molecular formula is C13H17N3O2. The highest BCUT2D eigenvalue weighted by Gasteiger charge is 2.04. The van der Waals surface area contributed by atoms with Crippen LogP contribution < -0.4 is 4.74 Å². The van der Waals surface area contributed by atoms with Crippen molar-refractivity contribution >= 4 is 0 Å². The number of aliphatic hydroxyl groups excluding tert-OH is 1. The van der Waals surface area contributed by atoms with Gasteiger partial charge in [0.05, 0.1) is 6.10 Å². The number of rotatable bonds is 5. The van der Waals surface area contributed by atoms with Crippen LogP contribution in [0.2, 0.25) is 0 Å². The Morgan fingerprint density at radius 1 is 1.33 bits per heavy atom. The second-order valence-corrected chi connectivity index (χ2v) is 4.03. The lowest BCUT2D eigenvalue weighted by Crippen LogP contribution is -2.07. The minimum atomic E-state index is -0.456. The summed E-state index contributed by atoms with van der Waals surface area (Å²) in [5, 5.41) is 13.5. The van der Waals surface area contributed by atoms with E-state index in [2.05, 4.69) is 10.1 Å². The third-order valence-electron chi connectivity index (χ3n) is 2.73. The fourth-order valence-corrected chi connectivity index (χ4v) is 1.65. The summed E-state index contributed by atoms with van der Waals surface area (Å²) >= 11 is 0. The highest BCUT2D eigenvalue weighted by atomic mass is 16.5. The molecule has 1 N–H and O–H groups in total. The van der Waals surface area contributed by atoms with Crippen LogP contribution >= 0.6 is 0 Å². The van der Waals surface area contributed by atoms with Crippen LogP contribution in [0.15, 0.2) is 30.6 Å². The fraction of sp³-hybridized carbons (Fsp3) is 0.385. The van der Waals surface area contributed by atoms with Crippen LogP contribution in [-0.4, -0.2) is 19.9 Å². The van der Waals surface area contributed by atoms with Crippen LogP contribution in [0, 0.1) is 0 Å². The molecule has 18 heavy (non-hydrogen) atoms. The smallest absolute Gasteiger partial charge is 0.164 e. The summed E-state index contributed by atoms with van der Waals surface area (Å²) in [5.41, 5.74) is 0.874. The van der Waals surface area contributed by atoms with Gasteiger partial charge in [0.2, 0.25) is 0 Å². The van der Waals surface area contributed by atoms with Crippen molar-refractivity contribution in [3.63, 3.8) is 0 Å². The van der Waals surface area contributed by atoms with Gasteiger partial charge in [-0.25, -0.2) is 9.67 Å². The van der Waals surface area contributed by atoms with Gasteiger partial charge in [-0.1, -0.05) is 12.1 Å². The van der Waals surface area contributed by atoms with E-state index in [0.29, 0.717) is 6.61 Å². The normalized spacial score (nSPS) is 12.4. The van der Waals surface area contributed by atoms with Crippen molar-refractivity contribution in [2.24, 2.45) is 0 Å². The van der Waals surface area contributed by atoms with E-state index in [4.69, 9.17) is 4.74 Å². The van der Waals surface area contributed by atoms with Gasteiger partial charge in [-0.15, -0.1) is 0 Å². The zero-order chi connectivity index (χ0) is 13.0. The molecule has 0 saturated heterocycles. The summed E-state index contributed by atoms with van der Waals surface area (Å²) in [6, 6.07) is 7.39. The minimum Gasteiger partial charge on any atom is -0.486 e. The topological polar surface area (TPSA) is 60.2 Å². The third-order valence-corrected chi connectivity index (χ3v) is 2.73. The summed E-state index contributed by atoms with van der Waals surface area (Å²) in [4.78, 5) is 4.13. The number of aryl methyl sites for hydroxylation is 1. The fourth-order valence-electron chi connectivity index (χ4n) is 1.65. The lowest BCUT2D eigenvalue weighted by atomic mass is 10.1. The molecule has 0 unspecified atom stereocenters. The number of nitrogens with zero attached hydrogens (tertiary/aromatic N) is 3. The molecule has 0 fully saturated rings. The molecule has 0 aliphatic heterocycles. The quantitative estimate of drug-likeness (QED) is 0.877. The van der Waals surface area contributed by atoms with E-state index < -0.39 is 6.10 Å². The molecular weight excluding hydrogens is 230 g/mol. The van der Waals surface area contributed by atoms with Crippen LogP contribution in [0.5, 0.6) is 5.75 Å². The van der Waals surface area contributed by atoms with Crippen LogP contribution in [-0.2, 0) is 13.2 Å². The average Bonchev–Trinajstić information content (AvgIpc) is 2.84. The third kappa shape index (κ3) is 2.87. The van der Waals surface area contributed by atoms with Crippen molar-refractivity contribution in [3.8, 4) is 5.75 Å². The van der Waals surface area contributed by atoms with Crippen molar-refractivity contribution < 1.29 is 9.84 Å². The Morgan fingerprint density at radius 2 is 2.06 bits per heavy atom. The molecule has 1 atom stereocenters. The highest BCUT2D eigenvalue weighted by Crippen LogP contribution is 2.17. The summed E-state index contributed by atoms with van der Waals surface area (Å²) in [6.45, 7) is 4.91. The molecule has 0 aliphatic rings. The summed E-state index contributed by atoms with van der Waals surface area (Å²) in [7, 11) is 0. The molecule has 5 nitrogen and oxygen atoms in total. The Labute approximate surface area is 106 Å². The van der Waals surface area contributed by atoms with Crippen molar-refractivity contribution in [3.05, 3.63) is 42.0 Å². The molecule has 0 spiro atoms. The summed E-state index contributed by atoms with van der Waals surface area (Å²) in [5.74, 6) is 1.56. The van der Waals surface area contributed by atoms with Crippen LogP contribution in [0.25, 0.3) is 0 Å². The van der Waals surface area contributed by atoms with Gasteiger partial charge in [-0.05, 0) is 31.5 Å². The maximum atomic E-state index is 9.40. The van der Waals surface area contributed by atoms with Gasteiger partial charge < -0.3 is 9.84 Å². The van der Waals surface area contributed by atoms with Gasteiger partial charge in [0.25, 0.3) is 0 Å². The standard InChI is InChI=1S/C13H17N3O2/c1-3-16-13(14-9-15-16)8-18-12-6-4-11(5-7-12)10(2)17/h4-7,9-10,17H,3,8H2,1-2H3/t10-/m1/s1. The van der Waals surface area contributed by atoms with Gasteiger partial charge in [-0.2, -0.15) is 5.10 Å². The maximum absolute atomic E-state index is 9.40. The van der Waals surface area contributed by atoms with E-state index in [-0.39, 0.29) is 0 Å². The van der Waals surface area contributed by atoms with Crippen LogP contribution in [0.4, 0.5) is 0 Å². The Morgan fingerprint density at radius 3 is 2.67 bits per heavy atom. The first-order valence-electron chi connectivity index (χ1n) is 5.98. The molecule has 1 heterocycles. The van der Waals surface area contributed by atoms with Crippen LogP contribution in [0.3, 0.4) is 0 Å². The molecule has 0 amide bonds. The number of benzene rings is 1. The first-order chi connectivity index (χ1) is 8.70. The van der Waals surface area contributed by atoms with Gasteiger partial charge in [0.1, 0.15) is 18.7 Å². The monoisotopic (exact) mass is 247 g/mol. The van der Waals surface area contributed by atoms with E-state index in [0.717, 1.165) is 23.7 Å². The maximum Gasteiger partial charge on any atom is 0.164 e. The van der Waals surface area contributed by atoms with Gasteiger partial charge in [-0.3, -0.25) is 0 Å². The first-order valence-corrected chi connectivity index (χ1v) is 5.98. The number of aromatic nitrogens is 3. The highest BCUT2D eigenvalue weighted by molar-refractivity contribution is 5.28. The van der Waals surface area contributed by atoms with Crippen molar-refractivity contribution in [1.29, 1.82) is 0 Å². The number of hydrogen-bond acceptors (Lipinski definition) is 4. The Hall–Kier alpha value is -1.88. The minimum absolute atomic E-state index is 0.391. The van der Waals surface area contributed by atoms with Crippen molar-refractivity contribution in [1.82, 2.24) is 14.8 Å². The van der Waals surface area contributed by atoms with Crippen molar-refractivity contribution in [2.75, 3.05) is 0 Å². The molecule has 0 saturated carbocycles. The van der Waals surface area contributed by atoms with E-state index in [1.807, 2.05) is 31.2 Å². The van der Waals surface area contributed by atoms with E-state index in [1.165, 1.54) is 6.33 Å². The molecule has 1 aromatic heterocycles. The predicted octanol–water partition coefficient (Wildman–Crippen LogP) is 1.93. The Balaban J connectivity index is 1.98. The van der Waals surface area contributed by atoms with E-state index in [9.17, 15) is 5.11 Å². The first kappa shape index (κ1) is 12.6. The molecule has 0 aliphatic carbocycles. The lowest BCUT2D eigenvalue weighted by Gasteiger charge is -2.08. The number of hydrogen-bond donors (Lipinski definition) is 1. The molecule has 0 bridgehead atoms. The van der Waals surface area contributed by atoms with Crippen LogP contribution in [0.1, 0.15) is 31.3 Å². The second-order valence-electron chi connectivity index (χ2n) is 4.03. The zero-order valence-corrected chi connectivity index (χ0v) is 10.6. The molecule has 1 aromatic carbocycles. The van der Waals surface area contributed by atoms with Crippen molar-refractivity contribution in [2.45, 2.75) is 33.1 Å². The molecule has 2 aromatic rings. The Kier molecular flexibility index (Phi) is 3.94. The van der Waals surface area contributed by atoms with E-state index >= 15 is 0 Å². The average molecular weight is 247 g/mol. The number of ether oxygens (including phenoxy) is 1. The number of aliphatic hydroxyl groups is 1. The summed E-state index contributed by atoms with van der Waals surface area (Å²) < 4.78 is 7.42. The second kappa shape index (κ2) is 5.64. The SMILES string of the molecule is CCn1ncnc1COc1ccc([C@@H](C)O)cc1. The molecule has 2 rings (SSSR count). The van der Waals surface area contributed by atoms with Gasteiger partial charge in [0, 0.05) is 6.54 Å². The molecule has 96 valence electrons. The van der Waals surface area contributed by atoms with Gasteiger partial charge in [0.15, 0.2) is 5.82 Å². The zero-order valence-electron chi connectivity index (χ0n) is 10.6. The largest absolute Gasteiger partial charge is 0.486 e. The molecule has 0 radical (unpaired) electrons.